The van der Waals surface area contributed by atoms with Crippen LogP contribution in [-0.4, -0.2) is 89.2 Å². The molecule has 1 aromatic carbocycles. The lowest BCUT2D eigenvalue weighted by Crippen LogP contribution is -2.73. The van der Waals surface area contributed by atoms with Crippen LogP contribution in [0.4, 0.5) is 4.39 Å². The van der Waals surface area contributed by atoms with Gasteiger partial charge in [0.15, 0.2) is 11.9 Å². The van der Waals surface area contributed by atoms with Crippen LogP contribution in [0.15, 0.2) is 30.3 Å². The zero-order valence-corrected chi connectivity index (χ0v) is 20.3. The second kappa shape index (κ2) is 10.7. The fourth-order valence-electron chi connectivity index (χ4n) is 3.87. The number of ether oxygens (including phenoxy) is 6. The zero-order chi connectivity index (χ0) is 26.0. The van der Waals surface area contributed by atoms with Crippen molar-refractivity contribution >= 4 is 29.3 Å². The molecule has 0 spiro atoms. The van der Waals surface area contributed by atoms with Crippen LogP contribution in [0.1, 0.15) is 20.8 Å². The SMILES string of the molecule is COC(=O)[C@@]1(O)O[C@@H](C(O)C2COC(C)(C)O2)[C@H](NC(C)=O)[C@@H](OC(=S)Oc2ccccc2)[C@H]1F. The van der Waals surface area contributed by atoms with Gasteiger partial charge in [-0.2, -0.15) is 0 Å². The largest absolute Gasteiger partial charge is 0.465 e. The number of hydrogen-bond donors (Lipinski definition) is 3. The smallest absolute Gasteiger partial charge is 0.369 e. The fraction of sp³-hybridized carbons (Fsp3) is 0.591. The monoisotopic (exact) mass is 517 g/mol. The Kier molecular flexibility index (Phi) is 8.29. The van der Waals surface area contributed by atoms with Gasteiger partial charge < -0.3 is 44.0 Å². The van der Waals surface area contributed by atoms with Crippen LogP contribution in [0.2, 0.25) is 0 Å². The van der Waals surface area contributed by atoms with Crippen molar-refractivity contribution in [2.75, 3.05) is 13.7 Å². The summed E-state index contributed by atoms with van der Waals surface area (Å²) in [7, 11) is 0.914. The maximum absolute atomic E-state index is 15.7. The molecule has 2 unspecified atom stereocenters. The second-order valence-electron chi connectivity index (χ2n) is 8.50. The molecule has 2 saturated heterocycles. The molecule has 0 radical (unpaired) electrons. The lowest BCUT2D eigenvalue weighted by molar-refractivity contribution is -0.320. The Balaban J connectivity index is 1.95. The minimum Gasteiger partial charge on any atom is -0.465 e. The number of benzene rings is 1. The first-order chi connectivity index (χ1) is 16.4. The van der Waals surface area contributed by atoms with E-state index in [2.05, 4.69) is 10.1 Å². The third-order valence-corrected chi connectivity index (χ3v) is 5.64. The maximum atomic E-state index is 15.7. The van der Waals surface area contributed by atoms with Gasteiger partial charge in [0, 0.05) is 19.1 Å². The van der Waals surface area contributed by atoms with Crippen molar-refractivity contribution in [1.29, 1.82) is 0 Å². The molecule has 7 atom stereocenters. The van der Waals surface area contributed by atoms with Crippen LogP contribution < -0.4 is 10.1 Å². The number of thiocarbonyl (C=S) groups is 1. The van der Waals surface area contributed by atoms with Crippen molar-refractivity contribution in [1.82, 2.24) is 5.32 Å². The van der Waals surface area contributed by atoms with E-state index < -0.39 is 65.3 Å². The van der Waals surface area contributed by atoms with Crippen molar-refractivity contribution in [3.05, 3.63) is 30.3 Å². The molecule has 2 heterocycles. The van der Waals surface area contributed by atoms with Gasteiger partial charge in [-0.25, -0.2) is 9.18 Å². The Hall–Kier alpha value is -2.42. The number of nitrogens with one attached hydrogen (secondary N) is 1. The molecule has 0 bridgehead atoms. The van der Waals surface area contributed by atoms with Crippen LogP contribution in [0, 0.1) is 0 Å². The summed E-state index contributed by atoms with van der Waals surface area (Å²) in [6.07, 6.45) is -8.72. The predicted octanol–water partition coefficient (Wildman–Crippen LogP) is 0.351. The Morgan fingerprint density at radius 2 is 1.91 bits per heavy atom. The van der Waals surface area contributed by atoms with E-state index in [1.165, 1.54) is 0 Å². The lowest BCUT2D eigenvalue weighted by Gasteiger charge is -2.47. The van der Waals surface area contributed by atoms with Gasteiger partial charge in [0.2, 0.25) is 12.1 Å². The number of halogens is 1. The molecule has 3 rings (SSSR count). The van der Waals surface area contributed by atoms with Crippen molar-refractivity contribution in [2.45, 2.75) is 69.0 Å². The van der Waals surface area contributed by atoms with Gasteiger partial charge >= 0.3 is 17.0 Å². The lowest BCUT2D eigenvalue weighted by atomic mass is 9.87. The number of amides is 1. The minimum absolute atomic E-state index is 0.0857. The summed E-state index contributed by atoms with van der Waals surface area (Å²) in [6.45, 7) is 4.28. The van der Waals surface area contributed by atoms with E-state index in [-0.39, 0.29) is 12.4 Å². The highest BCUT2D eigenvalue weighted by Gasteiger charge is 2.64. The first-order valence-corrected chi connectivity index (χ1v) is 11.1. The number of carbonyl (C=O) groups is 2. The molecule has 3 N–H and O–H groups in total. The Morgan fingerprint density at radius 1 is 1.26 bits per heavy atom. The highest BCUT2D eigenvalue weighted by Crippen LogP contribution is 2.37. The van der Waals surface area contributed by atoms with Crippen molar-refractivity contribution in [2.24, 2.45) is 0 Å². The van der Waals surface area contributed by atoms with Gasteiger partial charge in [0.05, 0.1) is 19.8 Å². The number of hydrogen-bond acceptors (Lipinski definition) is 11. The molecule has 1 amide bonds. The van der Waals surface area contributed by atoms with Crippen molar-refractivity contribution in [3.63, 3.8) is 0 Å². The van der Waals surface area contributed by atoms with Crippen LogP contribution in [0.3, 0.4) is 0 Å². The number of esters is 1. The topological polar surface area (TPSA) is 142 Å². The number of para-hydroxylation sites is 1. The average molecular weight is 518 g/mol. The second-order valence-corrected chi connectivity index (χ2v) is 8.84. The molecule has 13 heteroatoms. The van der Waals surface area contributed by atoms with E-state index in [4.69, 9.17) is 35.9 Å². The molecular formula is C22H28FNO10S. The van der Waals surface area contributed by atoms with Gasteiger partial charge in [0.25, 0.3) is 0 Å². The zero-order valence-electron chi connectivity index (χ0n) is 19.5. The van der Waals surface area contributed by atoms with Crippen LogP contribution >= 0.6 is 12.2 Å². The molecule has 2 fully saturated rings. The summed E-state index contributed by atoms with van der Waals surface area (Å²) in [5.41, 5.74) is 0. The number of carbonyl (C=O) groups excluding carboxylic acids is 2. The summed E-state index contributed by atoms with van der Waals surface area (Å²) in [4.78, 5) is 24.3. The van der Waals surface area contributed by atoms with E-state index >= 15 is 4.39 Å². The van der Waals surface area contributed by atoms with Crippen molar-refractivity contribution in [3.8, 4) is 5.75 Å². The van der Waals surface area contributed by atoms with Crippen molar-refractivity contribution < 1.29 is 52.6 Å². The third-order valence-electron chi connectivity index (χ3n) is 5.46. The summed E-state index contributed by atoms with van der Waals surface area (Å²) < 4.78 is 47.5. The normalized spacial score (nSPS) is 32.8. The highest BCUT2D eigenvalue weighted by atomic mass is 32.1. The molecule has 11 nitrogen and oxygen atoms in total. The maximum Gasteiger partial charge on any atom is 0.369 e. The molecule has 2 aliphatic heterocycles. The van der Waals surface area contributed by atoms with Gasteiger partial charge in [-0.3, -0.25) is 4.79 Å². The Morgan fingerprint density at radius 3 is 2.46 bits per heavy atom. The molecular weight excluding hydrogens is 489 g/mol. The molecule has 194 valence electrons. The number of methoxy groups -OCH3 is 1. The third kappa shape index (κ3) is 6.05. The quantitative estimate of drug-likeness (QED) is 0.355. The highest BCUT2D eigenvalue weighted by molar-refractivity contribution is 7.79. The van der Waals surface area contributed by atoms with Crippen LogP contribution in [-0.2, 0) is 33.3 Å². The van der Waals surface area contributed by atoms with Crippen LogP contribution in [0.5, 0.6) is 5.75 Å². The summed E-state index contributed by atoms with van der Waals surface area (Å²) in [5.74, 6) is -6.12. The van der Waals surface area contributed by atoms with Crippen LogP contribution in [0.25, 0.3) is 0 Å². The van der Waals surface area contributed by atoms with Gasteiger partial charge in [0.1, 0.15) is 24.1 Å². The number of aliphatic hydroxyl groups excluding tert-OH is 1. The molecule has 0 aliphatic carbocycles. The minimum atomic E-state index is -3.21. The predicted molar refractivity (Wildman–Crippen MR) is 120 cm³/mol. The number of rotatable bonds is 6. The van der Waals surface area contributed by atoms with Gasteiger partial charge in [-0.1, -0.05) is 18.2 Å². The van der Waals surface area contributed by atoms with E-state index in [1.807, 2.05) is 0 Å². The first-order valence-electron chi connectivity index (χ1n) is 10.7. The molecule has 35 heavy (non-hydrogen) atoms. The molecule has 0 saturated carbocycles. The molecule has 2 aliphatic rings. The van der Waals surface area contributed by atoms with Gasteiger partial charge in [-0.05, 0) is 26.0 Å². The van der Waals surface area contributed by atoms with E-state index in [0.717, 1.165) is 14.0 Å². The van der Waals surface area contributed by atoms with Gasteiger partial charge in [-0.15, -0.1) is 0 Å². The van der Waals surface area contributed by atoms with E-state index in [9.17, 15) is 19.8 Å². The Labute approximate surface area is 206 Å². The van der Waals surface area contributed by atoms with E-state index in [1.54, 1.807) is 44.2 Å². The Bertz CT molecular complexity index is 934. The average Bonchev–Trinajstić information content (AvgIpc) is 3.17. The summed E-state index contributed by atoms with van der Waals surface area (Å²) in [6, 6.07) is 6.74. The standard InChI is InChI=1S/C22H28FNO10S/c1-11(25)24-14-16(15(26)13-10-30-21(2,3)33-13)34-22(28,19(27)29-4)18(23)17(14)32-20(35)31-12-8-6-5-7-9-12/h5-9,13-18,26,28H,10H2,1-4H3,(H,24,25)/t13?,14-,15?,16+,17+,18+,22-/m0/s1. The molecule has 0 aromatic heterocycles. The summed E-state index contributed by atoms with van der Waals surface area (Å²) >= 11 is 5.08. The van der Waals surface area contributed by atoms with E-state index in [0.29, 0.717) is 0 Å². The number of alkyl halides is 1. The number of aliphatic hydroxyl groups is 2. The molecule has 1 aromatic rings. The summed E-state index contributed by atoms with van der Waals surface area (Å²) in [5, 5.41) is 23.8. The fourth-order valence-corrected chi connectivity index (χ4v) is 4.08. The first kappa shape index (κ1) is 27.2.